The first-order chi connectivity index (χ1) is 17.9. The largest absolute Gasteiger partial charge is 0.444 e. The minimum atomic E-state index is -0.835. The Morgan fingerprint density at radius 1 is 1.00 bits per heavy atom. The Labute approximate surface area is 222 Å². The lowest BCUT2D eigenvalue weighted by Crippen LogP contribution is -2.44. The lowest BCUT2D eigenvalue weighted by atomic mass is 10.0. The number of aromatic nitrogens is 1. The number of nitrogens with one attached hydrogen (secondary N) is 3. The second-order valence-electron chi connectivity index (χ2n) is 10.5. The fraction of sp³-hybridized carbons (Fsp3) is 0.300. The highest BCUT2D eigenvalue weighted by Gasteiger charge is 2.21. The molecule has 0 aliphatic heterocycles. The Balaban J connectivity index is 1.66. The molecular weight excluding hydrogens is 480 g/mol. The Morgan fingerprint density at radius 2 is 1.71 bits per heavy atom. The molecule has 0 spiro atoms. The van der Waals surface area contributed by atoms with Crippen LogP contribution in [0.25, 0.3) is 21.8 Å². The fourth-order valence-corrected chi connectivity index (χ4v) is 4.20. The molecule has 38 heavy (non-hydrogen) atoms. The molecule has 2 amide bonds. The van der Waals surface area contributed by atoms with E-state index >= 15 is 0 Å². The molecule has 0 bridgehead atoms. The molecule has 8 nitrogen and oxygen atoms in total. The van der Waals surface area contributed by atoms with E-state index in [0.29, 0.717) is 16.9 Å². The van der Waals surface area contributed by atoms with Crippen LogP contribution in [0.2, 0.25) is 0 Å². The number of carbonyl (C=O) groups excluding carboxylic acids is 2. The number of aliphatic hydroxyl groups excluding tert-OH is 1. The number of carbonyl (C=O) groups is 2. The van der Waals surface area contributed by atoms with Crippen molar-refractivity contribution in [3.8, 4) is 0 Å². The van der Waals surface area contributed by atoms with Crippen molar-refractivity contribution in [2.24, 2.45) is 0 Å². The van der Waals surface area contributed by atoms with Gasteiger partial charge in [0.05, 0.1) is 23.3 Å². The number of amides is 2. The van der Waals surface area contributed by atoms with Crippen LogP contribution in [0.15, 0.2) is 54.6 Å². The van der Waals surface area contributed by atoms with Gasteiger partial charge in [0, 0.05) is 22.1 Å². The molecule has 0 saturated heterocycles. The lowest BCUT2D eigenvalue weighted by Gasteiger charge is -2.22. The molecule has 4 N–H and O–H groups in total. The van der Waals surface area contributed by atoms with Gasteiger partial charge in [0.15, 0.2) is 0 Å². The van der Waals surface area contributed by atoms with Gasteiger partial charge in [-0.15, -0.1) is 0 Å². The summed E-state index contributed by atoms with van der Waals surface area (Å²) < 4.78 is 5.24. The quantitative estimate of drug-likeness (QED) is 0.232. The Morgan fingerprint density at radius 3 is 2.42 bits per heavy atom. The van der Waals surface area contributed by atoms with E-state index in [9.17, 15) is 14.7 Å². The van der Waals surface area contributed by atoms with Gasteiger partial charge >= 0.3 is 6.09 Å². The van der Waals surface area contributed by atoms with Crippen LogP contribution in [0.1, 0.15) is 44.4 Å². The summed E-state index contributed by atoms with van der Waals surface area (Å²) in [5.74, 6) is -0.414. The molecule has 3 aromatic carbocycles. The van der Waals surface area contributed by atoms with Crippen molar-refractivity contribution in [2.75, 3.05) is 10.6 Å². The zero-order chi connectivity index (χ0) is 27.6. The number of pyridine rings is 1. The fourth-order valence-electron chi connectivity index (χ4n) is 4.20. The van der Waals surface area contributed by atoms with Crippen LogP contribution in [-0.4, -0.2) is 33.7 Å². The van der Waals surface area contributed by atoms with Crippen LogP contribution in [0, 0.1) is 13.8 Å². The van der Waals surface area contributed by atoms with E-state index < -0.39 is 23.6 Å². The van der Waals surface area contributed by atoms with Crippen LogP contribution in [0.5, 0.6) is 0 Å². The molecule has 0 fully saturated rings. The maximum atomic E-state index is 12.8. The maximum absolute atomic E-state index is 12.8. The van der Waals surface area contributed by atoms with E-state index in [1.165, 1.54) is 0 Å². The molecule has 4 aromatic rings. The van der Waals surface area contributed by atoms with Crippen LogP contribution >= 0.6 is 0 Å². The van der Waals surface area contributed by atoms with Crippen molar-refractivity contribution in [2.45, 2.75) is 59.8 Å². The van der Waals surface area contributed by atoms with Crippen molar-refractivity contribution in [1.29, 1.82) is 0 Å². The zero-order valence-electron chi connectivity index (χ0n) is 22.6. The number of para-hydroxylation sites is 1. The third kappa shape index (κ3) is 6.03. The third-order valence-corrected chi connectivity index (χ3v) is 6.22. The standard InChI is InChI=1S/C30H34N4O4/c1-17-11-12-24-26(18(17)2)34-25-10-8-7-9-23(25)27(24)32-21-13-20(16-35)14-22(15-21)33-28(36)19(3)31-29(37)38-30(4,5)6/h7-15,19,35H,16H2,1-6H3,(H,31,37)(H,32,34)(H,33,36). The first-order valence-corrected chi connectivity index (χ1v) is 12.6. The number of anilines is 3. The van der Waals surface area contributed by atoms with Gasteiger partial charge in [-0.2, -0.15) is 0 Å². The van der Waals surface area contributed by atoms with E-state index in [4.69, 9.17) is 9.72 Å². The van der Waals surface area contributed by atoms with Gasteiger partial charge < -0.3 is 25.8 Å². The highest BCUT2D eigenvalue weighted by molar-refractivity contribution is 6.09. The highest BCUT2D eigenvalue weighted by Crippen LogP contribution is 2.36. The highest BCUT2D eigenvalue weighted by atomic mass is 16.6. The van der Waals surface area contributed by atoms with Crippen molar-refractivity contribution in [3.63, 3.8) is 0 Å². The van der Waals surface area contributed by atoms with E-state index in [-0.39, 0.29) is 6.61 Å². The van der Waals surface area contributed by atoms with Crippen molar-refractivity contribution in [1.82, 2.24) is 10.3 Å². The number of hydrogen-bond donors (Lipinski definition) is 4. The number of rotatable bonds is 6. The molecule has 1 aromatic heterocycles. The second-order valence-corrected chi connectivity index (χ2v) is 10.5. The van der Waals surface area contributed by atoms with Gasteiger partial charge in [0.25, 0.3) is 0 Å². The van der Waals surface area contributed by atoms with Crippen molar-refractivity contribution < 1.29 is 19.4 Å². The zero-order valence-corrected chi connectivity index (χ0v) is 22.6. The number of ether oxygens (including phenoxy) is 1. The molecule has 0 saturated carbocycles. The smallest absolute Gasteiger partial charge is 0.408 e. The van der Waals surface area contributed by atoms with Crippen LogP contribution in [0.4, 0.5) is 21.9 Å². The molecular formula is C30H34N4O4. The van der Waals surface area contributed by atoms with Gasteiger partial charge in [-0.1, -0.05) is 30.3 Å². The first-order valence-electron chi connectivity index (χ1n) is 12.6. The molecule has 4 rings (SSSR count). The summed E-state index contributed by atoms with van der Waals surface area (Å²) in [6.07, 6.45) is -0.673. The Hall–Kier alpha value is -4.17. The summed E-state index contributed by atoms with van der Waals surface area (Å²) in [5, 5.41) is 20.7. The average molecular weight is 515 g/mol. The summed E-state index contributed by atoms with van der Waals surface area (Å²) in [4.78, 5) is 29.8. The minimum absolute atomic E-state index is 0.208. The topological polar surface area (TPSA) is 113 Å². The van der Waals surface area contributed by atoms with Crippen molar-refractivity contribution in [3.05, 3.63) is 71.3 Å². The number of aryl methyl sites for hydroxylation is 2. The predicted octanol–water partition coefficient (Wildman–Crippen LogP) is 6.09. The molecule has 0 aliphatic rings. The van der Waals surface area contributed by atoms with E-state index in [1.54, 1.807) is 39.8 Å². The van der Waals surface area contributed by atoms with E-state index in [2.05, 4.69) is 41.9 Å². The number of nitrogens with zero attached hydrogens (tertiary/aromatic N) is 1. The Kier molecular flexibility index (Phi) is 7.55. The summed E-state index contributed by atoms with van der Waals surface area (Å²) in [5.41, 5.74) is 6.06. The average Bonchev–Trinajstić information content (AvgIpc) is 2.85. The number of alkyl carbamates (subject to hydrolysis) is 1. The third-order valence-electron chi connectivity index (χ3n) is 6.22. The van der Waals surface area contributed by atoms with Crippen LogP contribution < -0.4 is 16.0 Å². The first kappa shape index (κ1) is 26.9. The molecule has 1 heterocycles. The number of benzene rings is 3. The normalized spacial score (nSPS) is 12.3. The van der Waals surface area contributed by atoms with Crippen LogP contribution in [0.3, 0.4) is 0 Å². The van der Waals surface area contributed by atoms with Gasteiger partial charge in [0.2, 0.25) is 5.91 Å². The van der Waals surface area contributed by atoms with Gasteiger partial charge in [-0.25, -0.2) is 9.78 Å². The predicted molar refractivity (Wildman–Crippen MR) is 152 cm³/mol. The lowest BCUT2D eigenvalue weighted by molar-refractivity contribution is -0.117. The molecule has 0 aliphatic carbocycles. The van der Waals surface area contributed by atoms with E-state index in [0.717, 1.165) is 38.6 Å². The molecule has 8 heteroatoms. The van der Waals surface area contributed by atoms with Gasteiger partial charge in [-0.3, -0.25) is 4.79 Å². The summed E-state index contributed by atoms with van der Waals surface area (Å²) in [6, 6.07) is 16.5. The summed E-state index contributed by atoms with van der Waals surface area (Å²) >= 11 is 0. The second kappa shape index (κ2) is 10.7. The summed E-state index contributed by atoms with van der Waals surface area (Å²) in [7, 11) is 0. The van der Waals surface area contributed by atoms with Gasteiger partial charge in [-0.05, 0) is 82.5 Å². The number of aliphatic hydroxyl groups is 1. The molecule has 1 unspecified atom stereocenters. The van der Waals surface area contributed by atoms with Crippen LogP contribution in [-0.2, 0) is 16.1 Å². The van der Waals surface area contributed by atoms with E-state index in [1.807, 2.05) is 30.3 Å². The SMILES string of the molecule is Cc1ccc2c(Nc3cc(CO)cc(NC(=O)C(C)NC(=O)OC(C)(C)C)c3)c3ccccc3nc2c1C. The number of hydrogen-bond acceptors (Lipinski definition) is 6. The Bertz CT molecular complexity index is 1520. The number of fused-ring (bicyclic) bond motifs is 2. The molecule has 1 atom stereocenters. The molecule has 0 radical (unpaired) electrons. The van der Waals surface area contributed by atoms with Gasteiger partial charge in [0.1, 0.15) is 11.6 Å². The van der Waals surface area contributed by atoms with Crippen molar-refractivity contribution >= 4 is 50.9 Å². The molecule has 198 valence electrons. The minimum Gasteiger partial charge on any atom is -0.444 e. The monoisotopic (exact) mass is 514 g/mol. The summed E-state index contributed by atoms with van der Waals surface area (Å²) in [6.45, 7) is 10.8. The maximum Gasteiger partial charge on any atom is 0.408 e.